The molecule has 322 valence electrons. The molecule has 4 aliphatic rings. The Hall–Kier alpha value is -5.77. The molecule has 4 heterocycles. The Kier molecular flexibility index (Phi) is 12.7. The van der Waals surface area contributed by atoms with Crippen LogP contribution in [0, 0.1) is 5.92 Å². The standard InChI is InChI=1S/C53H56O9/c1-32(2)42-21-16-33-14-17-36(18-15-33)43-22-19-38(37-13-9-12-35(27-37)26-34-10-7-6-8-11-34)28-41(43)30-46(55)59-49-47-45(62-53(3,4)50(49)61-51(42)56)23-20-39-29-44(52(57)60-48(39)47)40(24-25-54)31-58-5/h6-15,17-20,22-23,27,29,38,40-41,43,49-50,54H,16,21,24-26,28,30-31H2,1-5H3/t38-,40-,41+,43+,49-,50+/m1/s1. The molecule has 1 aliphatic carbocycles. The van der Waals surface area contributed by atoms with Crippen molar-refractivity contribution in [2.45, 2.75) is 102 Å². The van der Waals surface area contributed by atoms with Crippen molar-refractivity contribution in [3.8, 4) is 5.75 Å². The van der Waals surface area contributed by atoms with Crippen molar-refractivity contribution >= 4 is 22.9 Å². The van der Waals surface area contributed by atoms with Crippen molar-refractivity contribution in [1.29, 1.82) is 0 Å². The van der Waals surface area contributed by atoms with Crippen LogP contribution in [-0.2, 0) is 36.6 Å². The number of hydrogen-bond acceptors (Lipinski definition) is 9. The van der Waals surface area contributed by atoms with Gasteiger partial charge < -0.3 is 28.5 Å². The van der Waals surface area contributed by atoms with Crippen LogP contribution in [0.5, 0.6) is 5.75 Å². The van der Waals surface area contributed by atoms with Gasteiger partial charge in [0.1, 0.15) is 16.9 Å². The summed E-state index contributed by atoms with van der Waals surface area (Å²) in [6.07, 6.45) is 5.25. The fourth-order valence-electron chi connectivity index (χ4n) is 9.61. The summed E-state index contributed by atoms with van der Waals surface area (Å²) >= 11 is 0. The van der Waals surface area contributed by atoms with Crippen LogP contribution in [0.2, 0.25) is 0 Å². The van der Waals surface area contributed by atoms with E-state index in [4.69, 9.17) is 23.4 Å². The highest BCUT2D eigenvalue weighted by molar-refractivity contribution is 5.90. The predicted octanol–water partition coefficient (Wildman–Crippen LogP) is 9.98. The van der Waals surface area contributed by atoms with E-state index in [9.17, 15) is 19.5 Å². The number of carbonyl (C=O) groups excluding carboxylic acids is 2. The van der Waals surface area contributed by atoms with E-state index in [2.05, 4.69) is 84.9 Å². The van der Waals surface area contributed by atoms with Gasteiger partial charge in [-0.25, -0.2) is 9.59 Å². The lowest BCUT2D eigenvalue weighted by Crippen LogP contribution is -2.52. The maximum absolute atomic E-state index is 14.7. The smallest absolute Gasteiger partial charge is 0.339 e. The maximum atomic E-state index is 14.7. The molecule has 0 radical (unpaired) electrons. The van der Waals surface area contributed by atoms with E-state index in [0.29, 0.717) is 53.5 Å². The number of fused-ring (bicyclic) bond motifs is 11. The summed E-state index contributed by atoms with van der Waals surface area (Å²) in [5.41, 5.74) is 6.32. The van der Waals surface area contributed by atoms with Gasteiger partial charge >= 0.3 is 17.6 Å². The Morgan fingerprint density at radius 3 is 2.37 bits per heavy atom. The van der Waals surface area contributed by atoms with Gasteiger partial charge in [-0.1, -0.05) is 96.6 Å². The van der Waals surface area contributed by atoms with Crippen molar-refractivity contribution in [3.05, 3.63) is 170 Å². The molecular weight excluding hydrogens is 781 g/mol. The number of aliphatic hydroxyl groups excluding tert-OH is 1. The van der Waals surface area contributed by atoms with Gasteiger partial charge in [0, 0.05) is 54.4 Å². The highest BCUT2D eigenvalue weighted by atomic mass is 16.6. The van der Waals surface area contributed by atoms with Crippen molar-refractivity contribution in [3.63, 3.8) is 0 Å². The van der Waals surface area contributed by atoms with E-state index in [1.807, 2.05) is 33.8 Å². The quantitative estimate of drug-likeness (QED) is 0.0705. The maximum Gasteiger partial charge on any atom is 0.339 e. The lowest BCUT2D eigenvalue weighted by Gasteiger charge is -2.43. The molecule has 62 heavy (non-hydrogen) atoms. The highest BCUT2D eigenvalue weighted by Crippen LogP contribution is 2.48. The number of aryl methyl sites for hydroxylation is 1. The molecule has 5 aromatic rings. The average molecular weight is 837 g/mol. The third-order valence-corrected chi connectivity index (χ3v) is 12.9. The number of carbonyl (C=O) groups is 2. The van der Waals surface area contributed by atoms with Gasteiger partial charge in [0.05, 0.1) is 12.2 Å². The summed E-state index contributed by atoms with van der Waals surface area (Å²) in [4.78, 5) is 42.8. The molecule has 9 rings (SSSR count). The van der Waals surface area contributed by atoms with Crippen LogP contribution >= 0.6 is 0 Å². The SMILES string of the molecule is COC[C@@H](CCO)c1cc2ccc3c(c2oc1=O)[C@H]1OC(=O)C[C@@H]2C[C@H](c4cccc(Cc5ccccc5)c4)C=C[C@H]2c2ccc(cc2)CCC(=C(C)C)C(=O)O[C@@H]1C(C)(C)O3. The fourth-order valence-corrected chi connectivity index (χ4v) is 9.61. The first-order valence-electron chi connectivity index (χ1n) is 21.8. The molecule has 0 unspecified atom stereocenters. The summed E-state index contributed by atoms with van der Waals surface area (Å²) in [7, 11) is 1.54. The van der Waals surface area contributed by atoms with Crippen LogP contribution in [0.3, 0.4) is 0 Å². The van der Waals surface area contributed by atoms with E-state index in [0.717, 1.165) is 23.1 Å². The largest absolute Gasteiger partial charge is 0.483 e. The minimum atomic E-state index is -1.18. The minimum absolute atomic E-state index is 0.0510. The van der Waals surface area contributed by atoms with Crippen molar-refractivity contribution in [2.75, 3.05) is 20.3 Å². The topological polar surface area (TPSA) is 122 Å². The van der Waals surface area contributed by atoms with E-state index >= 15 is 0 Å². The first-order chi connectivity index (χ1) is 29.9. The number of methoxy groups -OCH3 is 1. The van der Waals surface area contributed by atoms with Gasteiger partial charge in [-0.05, 0) is 112 Å². The molecule has 0 spiro atoms. The van der Waals surface area contributed by atoms with Crippen LogP contribution in [0.4, 0.5) is 0 Å². The highest BCUT2D eigenvalue weighted by Gasteiger charge is 2.51. The number of allylic oxidation sites excluding steroid dienone is 3. The second-order valence-electron chi connectivity index (χ2n) is 17.8. The number of aliphatic hydroxyl groups is 1. The van der Waals surface area contributed by atoms with Gasteiger partial charge in [-0.15, -0.1) is 0 Å². The average Bonchev–Trinajstić information content (AvgIpc) is 3.24. The van der Waals surface area contributed by atoms with E-state index < -0.39 is 41.3 Å². The predicted molar refractivity (Wildman–Crippen MR) is 238 cm³/mol. The first-order valence-corrected chi connectivity index (χ1v) is 21.8. The van der Waals surface area contributed by atoms with E-state index in [-0.39, 0.29) is 43.0 Å². The van der Waals surface area contributed by atoms with Crippen LogP contribution in [0.1, 0.15) is 116 Å². The molecule has 1 aromatic heterocycles. The molecule has 0 saturated carbocycles. The molecule has 6 atom stereocenters. The summed E-state index contributed by atoms with van der Waals surface area (Å²) in [5, 5.41) is 10.3. The summed E-state index contributed by atoms with van der Waals surface area (Å²) in [5.74, 6) is -1.14. The van der Waals surface area contributed by atoms with Crippen molar-refractivity contribution < 1.29 is 38.1 Å². The monoisotopic (exact) mass is 836 g/mol. The van der Waals surface area contributed by atoms with Crippen molar-refractivity contribution in [1.82, 2.24) is 0 Å². The molecule has 0 fully saturated rings. The van der Waals surface area contributed by atoms with Crippen LogP contribution in [0.15, 0.2) is 130 Å². The van der Waals surface area contributed by atoms with Gasteiger partial charge in [-0.2, -0.15) is 0 Å². The summed E-state index contributed by atoms with van der Waals surface area (Å²) in [6.45, 7) is 7.48. The Morgan fingerprint density at radius 2 is 1.63 bits per heavy atom. The van der Waals surface area contributed by atoms with Crippen LogP contribution in [-0.4, -0.2) is 49.1 Å². The fraction of sp³-hybridized carbons (Fsp3) is 0.377. The Morgan fingerprint density at radius 1 is 0.855 bits per heavy atom. The van der Waals surface area contributed by atoms with Crippen molar-refractivity contribution in [2.24, 2.45) is 5.92 Å². The Bertz CT molecular complexity index is 2540. The van der Waals surface area contributed by atoms with Gasteiger partial charge in [0.2, 0.25) is 0 Å². The van der Waals surface area contributed by atoms with Gasteiger partial charge in [0.15, 0.2) is 12.2 Å². The molecule has 2 bridgehead atoms. The minimum Gasteiger partial charge on any atom is -0.483 e. The number of hydrogen-bond donors (Lipinski definition) is 1. The summed E-state index contributed by atoms with van der Waals surface area (Å²) < 4.78 is 31.2. The molecule has 9 heteroatoms. The third kappa shape index (κ3) is 9.06. The third-order valence-electron chi connectivity index (χ3n) is 12.9. The lowest BCUT2D eigenvalue weighted by molar-refractivity contribution is -0.188. The normalized spacial score (nSPS) is 22.7. The van der Waals surface area contributed by atoms with E-state index in [1.165, 1.54) is 16.7 Å². The second kappa shape index (κ2) is 18.3. The molecular formula is C53H56O9. The summed E-state index contributed by atoms with van der Waals surface area (Å²) in [6, 6.07) is 33.0. The van der Waals surface area contributed by atoms with Crippen LogP contribution in [0.25, 0.3) is 11.0 Å². The Balaban J connectivity index is 1.20. The zero-order valence-corrected chi connectivity index (χ0v) is 36.2. The molecule has 4 aromatic carbocycles. The first kappa shape index (κ1) is 42.9. The van der Waals surface area contributed by atoms with Crippen LogP contribution < -0.4 is 10.4 Å². The number of rotatable bonds is 8. The molecule has 1 N–H and O–H groups in total. The van der Waals surface area contributed by atoms with Gasteiger partial charge in [-0.3, -0.25) is 4.79 Å². The zero-order chi connectivity index (χ0) is 43.5. The number of esters is 2. The number of benzene rings is 4. The molecule has 0 saturated heterocycles. The zero-order valence-electron chi connectivity index (χ0n) is 36.2. The molecule has 9 nitrogen and oxygen atoms in total. The van der Waals surface area contributed by atoms with Gasteiger partial charge in [0.25, 0.3) is 0 Å². The second-order valence-corrected chi connectivity index (χ2v) is 17.8. The number of ether oxygens (including phenoxy) is 4. The lowest BCUT2D eigenvalue weighted by atomic mass is 9.72. The molecule has 3 aliphatic heterocycles. The molecule has 0 amide bonds. The Labute approximate surface area is 363 Å². The van der Waals surface area contributed by atoms with E-state index in [1.54, 1.807) is 25.3 Å².